The predicted molar refractivity (Wildman–Crippen MR) is 228 cm³/mol. The van der Waals surface area contributed by atoms with Crippen LogP contribution in [0.2, 0.25) is 0 Å². The molecule has 0 aliphatic carbocycles. The molecule has 1 aliphatic heterocycles. The lowest BCUT2D eigenvalue weighted by Crippen LogP contribution is -2.59. The average molecular weight is 827 g/mol. The molecule has 14 nitrogen and oxygen atoms in total. The summed E-state index contributed by atoms with van der Waals surface area (Å²) in [6.45, 7) is 11.0. The third kappa shape index (κ3) is 12.3. The fourth-order valence-electron chi connectivity index (χ4n) is 7.18. The number of aryl methyl sites for hydroxylation is 1. The van der Waals surface area contributed by atoms with Gasteiger partial charge < -0.3 is 30.3 Å². The van der Waals surface area contributed by atoms with Gasteiger partial charge in [-0.05, 0) is 48.4 Å². The second-order valence-corrected chi connectivity index (χ2v) is 16.3. The minimum Gasteiger partial charge on any atom is -0.453 e. The molecule has 3 heterocycles. The van der Waals surface area contributed by atoms with Gasteiger partial charge in [-0.2, -0.15) is 0 Å². The van der Waals surface area contributed by atoms with Crippen LogP contribution in [0.25, 0.3) is 11.3 Å². The SMILES string of the molecule is CC[C@H](C)[C@H](NC(=O)OC)C(=O)NN(Cc1ccc(-c2ccccn2)cc1)C[C@H](O)[C@H](Cc1ccccc1)NC(=O)[C@H]([C@@H](C)CC)N1CCN(Cc2csc(C)n2)C1=O. The van der Waals surface area contributed by atoms with Gasteiger partial charge in [0.2, 0.25) is 5.91 Å². The lowest BCUT2D eigenvalue weighted by molar-refractivity contribution is -0.132. The molecule has 2 aromatic carbocycles. The normalized spacial score (nSPS) is 15.9. The molecule has 15 heteroatoms. The highest BCUT2D eigenvalue weighted by Gasteiger charge is 2.41. The Balaban J connectivity index is 1.40. The van der Waals surface area contributed by atoms with Gasteiger partial charge in [-0.3, -0.25) is 20.0 Å². The van der Waals surface area contributed by atoms with Crippen molar-refractivity contribution in [3.05, 3.63) is 106 Å². The zero-order valence-corrected chi connectivity index (χ0v) is 35.7. The van der Waals surface area contributed by atoms with E-state index in [2.05, 4.69) is 26.0 Å². The van der Waals surface area contributed by atoms with Crippen molar-refractivity contribution < 1.29 is 29.0 Å². The number of benzene rings is 2. The Morgan fingerprint density at radius 2 is 1.63 bits per heavy atom. The zero-order chi connectivity index (χ0) is 42.5. The van der Waals surface area contributed by atoms with Crippen molar-refractivity contribution in [2.24, 2.45) is 11.8 Å². The largest absolute Gasteiger partial charge is 0.453 e. The number of alkyl carbamates (subject to hydrolysis) is 1. The summed E-state index contributed by atoms with van der Waals surface area (Å²) in [5.74, 6) is -1.26. The Hall–Kier alpha value is -5.38. The molecule has 0 bridgehead atoms. The maximum atomic E-state index is 14.5. The van der Waals surface area contributed by atoms with Gasteiger partial charge in [0.15, 0.2) is 0 Å². The van der Waals surface area contributed by atoms with Crippen LogP contribution in [-0.4, -0.2) is 105 Å². The second-order valence-electron chi connectivity index (χ2n) is 15.2. The monoisotopic (exact) mass is 826 g/mol. The molecule has 5 amide bonds. The van der Waals surface area contributed by atoms with Gasteiger partial charge >= 0.3 is 12.1 Å². The highest BCUT2D eigenvalue weighted by molar-refractivity contribution is 7.09. The Kier molecular flexibility index (Phi) is 16.4. The molecular weight excluding hydrogens is 769 g/mol. The fourth-order valence-corrected chi connectivity index (χ4v) is 7.79. The van der Waals surface area contributed by atoms with Crippen molar-refractivity contribution in [2.45, 2.75) is 91.2 Å². The van der Waals surface area contributed by atoms with Crippen LogP contribution in [0, 0.1) is 18.8 Å². The quantitative estimate of drug-likeness (QED) is 0.0835. The van der Waals surface area contributed by atoms with Crippen molar-refractivity contribution >= 4 is 35.3 Å². The first kappa shape index (κ1) is 44.7. The van der Waals surface area contributed by atoms with Gasteiger partial charge in [0.25, 0.3) is 5.91 Å². The van der Waals surface area contributed by atoms with Crippen LogP contribution in [-0.2, 0) is 33.8 Å². The van der Waals surface area contributed by atoms with E-state index < -0.39 is 36.2 Å². The topological polar surface area (TPSA) is 169 Å². The summed E-state index contributed by atoms with van der Waals surface area (Å²) in [4.78, 5) is 66.9. The first-order valence-corrected chi connectivity index (χ1v) is 21.2. The van der Waals surface area contributed by atoms with E-state index in [1.54, 1.807) is 21.0 Å². The number of aromatic nitrogens is 2. The average Bonchev–Trinajstić information content (AvgIpc) is 3.83. The molecule has 5 rings (SSSR count). The number of hydrazine groups is 1. The van der Waals surface area contributed by atoms with E-state index in [0.29, 0.717) is 32.5 Å². The van der Waals surface area contributed by atoms with Crippen molar-refractivity contribution in [2.75, 3.05) is 26.7 Å². The molecule has 0 saturated carbocycles. The number of rotatable bonds is 20. The van der Waals surface area contributed by atoms with E-state index in [4.69, 9.17) is 4.74 Å². The number of hydrogen-bond acceptors (Lipinski definition) is 10. The van der Waals surface area contributed by atoms with Crippen LogP contribution >= 0.6 is 11.3 Å². The summed E-state index contributed by atoms with van der Waals surface area (Å²) in [6.07, 6.45) is 1.33. The standard InChI is InChI=1S/C44H58N8O6S/c1-7-29(3)39(48-43(56)58-6)41(54)49-51(25-33-17-19-34(20-18-33)36-16-12-13-21-45-36)27-38(53)37(24-32-14-10-9-11-15-32)47-42(55)40(30(4)8-2)52-23-22-50(44(52)57)26-35-28-59-31(5)46-35/h9-21,28-30,37-40,53H,7-8,22-27H2,1-6H3,(H,47,55)(H,48,56)(H,49,54)/t29-,30-,37-,38-,39-,40-/m0/s1. The summed E-state index contributed by atoms with van der Waals surface area (Å²) in [5.41, 5.74) is 7.24. The first-order valence-electron chi connectivity index (χ1n) is 20.3. The van der Waals surface area contributed by atoms with Gasteiger partial charge in [0.1, 0.15) is 12.1 Å². The predicted octanol–water partition coefficient (Wildman–Crippen LogP) is 5.56. The van der Waals surface area contributed by atoms with Crippen LogP contribution in [0.5, 0.6) is 0 Å². The highest BCUT2D eigenvalue weighted by atomic mass is 32.1. The van der Waals surface area contributed by atoms with Crippen LogP contribution in [0.4, 0.5) is 9.59 Å². The van der Waals surface area contributed by atoms with Crippen molar-refractivity contribution in [3.63, 3.8) is 0 Å². The number of urea groups is 1. The number of nitrogens with zero attached hydrogens (tertiary/aromatic N) is 5. The third-order valence-electron chi connectivity index (χ3n) is 10.9. The fraction of sp³-hybridized carbons (Fsp3) is 0.455. The first-order chi connectivity index (χ1) is 28.4. The lowest BCUT2D eigenvalue weighted by Gasteiger charge is -2.35. The number of thiazole rings is 1. The number of pyridine rings is 1. The molecule has 0 spiro atoms. The Bertz CT molecular complexity index is 1970. The number of amides is 5. The van der Waals surface area contributed by atoms with Crippen LogP contribution < -0.4 is 16.1 Å². The van der Waals surface area contributed by atoms with E-state index >= 15 is 0 Å². The molecule has 1 aliphatic rings. The Morgan fingerprint density at radius 3 is 2.25 bits per heavy atom. The summed E-state index contributed by atoms with van der Waals surface area (Å²) in [6, 6.07) is 20.3. The summed E-state index contributed by atoms with van der Waals surface area (Å²) in [5, 5.41) is 22.4. The highest BCUT2D eigenvalue weighted by Crippen LogP contribution is 2.24. The van der Waals surface area contributed by atoms with E-state index in [1.165, 1.54) is 18.4 Å². The van der Waals surface area contributed by atoms with Gasteiger partial charge in [-0.15, -0.1) is 11.3 Å². The smallest absolute Gasteiger partial charge is 0.407 e. The molecule has 1 fully saturated rings. The summed E-state index contributed by atoms with van der Waals surface area (Å²) in [7, 11) is 1.24. The maximum Gasteiger partial charge on any atom is 0.407 e. The van der Waals surface area contributed by atoms with Crippen LogP contribution in [0.3, 0.4) is 0 Å². The van der Waals surface area contributed by atoms with Gasteiger partial charge in [-0.1, -0.05) is 101 Å². The molecule has 316 valence electrons. The lowest BCUT2D eigenvalue weighted by atomic mass is 9.95. The molecule has 4 aromatic rings. The number of carbonyl (C=O) groups excluding carboxylic acids is 4. The molecule has 4 N–H and O–H groups in total. The van der Waals surface area contributed by atoms with Crippen molar-refractivity contribution in [1.82, 2.24) is 40.8 Å². The van der Waals surface area contributed by atoms with Gasteiger partial charge in [0.05, 0.1) is 42.2 Å². The van der Waals surface area contributed by atoms with E-state index in [0.717, 1.165) is 33.1 Å². The maximum absolute atomic E-state index is 14.5. The third-order valence-corrected chi connectivity index (χ3v) is 11.8. The van der Waals surface area contributed by atoms with Gasteiger partial charge in [-0.25, -0.2) is 19.6 Å². The van der Waals surface area contributed by atoms with E-state index in [1.807, 2.05) is 113 Å². The number of nitrogens with one attached hydrogen (secondary N) is 3. The zero-order valence-electron chi connectivity index (χ0n) is 34.8. The molecular formula is C44H58N8O6S. The van der Waals surface area contributed by atoms with E-state index in [9.17, 15) is 24.3 Å². The molecule has 0 radical (unpaired) electrons. The minimum absolute atomic E-state index is 0.0888. The number of aliphatic hydroxyl groups is 1. The molecule has 1 saturated heterocycles. The molecule has 59 heavy (non-hydrogen) atoms. The van der Waals surface area contributed by atoms with Crippen molar-refractivity contribution in [3.8, 4) is 11.3 Å². The van der Waals surface area contributed by atoms with Crippen molar-refractivity contribution in [1.29, 1.82) is 0 Å². The van der Waals surface area contributed by atoms with Gasteiger partial charge in [0, 0.05) is 43.3 Å². The van der Waals surface area contributed by atoms with Crippen LogP contribution in [0.15, 0.2) is 84.4 Å². The molecule has 2 aromatic heterocycles. The number of hydrogen-bond donors (Lipinski definition) is 4. The number of methoxy groups -OCH3 is 1. The molecule has 6 atom stereocenters. The molecule has 0 unspecified atom stereocenters. The summed E-state index contributed by atoms with van der Waals surface area (Å²) >= 11 is 1.53. The van der Waals surface area contributed by atoms with Crippen LogP contribution in [0.1, 0.15) is 62.4 Å². The second kappa shape index (κ2) is 21.6. The minimum atomic E-state index is -1.20. The number of ether oxygens (including phenoxy) is 1. The Labute approximate surface area is 351 Å². The number of carbonyl (C=O) groups is 4. The summed E-state index contributed by atoms with van der Waals surface area (Å²) < 4.78 is 4.83. The number of aliphatic hydroxyl groups excluding tert-OH is 1. The van der Waals surface area contributed by atoms with E-state index in [-0.39, 0.29) is 43.3 Å². The Morgan fingerprint density at radius 1 is 0.915 bits per heavy atom.